The van der Waals surface area contributed by atoms with Crippen LogP contribution in [-0.2, 0) is 0 Å². The van der Waals surface area contributed by atoms with Gasteiger partial charge in [-0.1, -0.05) is 44.1 Å². The molecule has 0 bridgehead atoms. The van der Waals surface area contributed by atoms with Gasteiger partial charge in [0.25, 0.3) is 0 Å². The summed E-state index contributed by atoms with van der Waals surface area (Å²) in [6, 6.07) is 0. The van der Waals surface area contributed by atoms with Crippen LogP contribution in [0.5, 0.6) is 0 Å². The minimum absolute atomic E-state index is 0.226. The topological polar surface area (TPSA) is 0 Å². The predicted molar refractivity (Wildman–Crippen MR) is 123 cm³/mol. The summed E-state index contributed by atoms with van der Waals surface area (Å²) in [5, 5.41) is 0. The standard InChI is InChI=1S/C28H40F4/c1-19-3-9-22(10-4-19)24-13-15-25(16-14-24)23-11-6-21(7-12-23)8-18-26-17-5-20(2)27(29,30)28(26,31)32/h5,8,17-19,21-25H,3-4,6-7,9-16H2,1-2H3/b18-8+. The van der Waals surface area contributed by atoms with Gasteiger partial charge in [0.05, 0.1) is 0 Å². The van der Waals surface area contributed by atoms with Crippen molar-refractivity contribution in [3.63, 3.8) is 0 Å². The van der Waals surface area contributed by atoms with Gasteiger partial charge < -0.3 is 0 Å². The number of rotatable bonds is 4. The van der Waals surface area contributed by atoms with Gasteiger partial charge in [-0.05, 0) is 107 Å². The fraction of sp³-hybridized carbons (Fsp3) is 0.786. The van der Waals surface area contributed by atoms with Crippen LogP contribution in [0.25, 0.3) is 0 Å². The summed E-state index contributed by atoms with van der Waals surface area (Å²) in [6.07, 6.45) is 20.8. The van der Waals surface area contributed by atoms with E-state index < -0.39 is 23.0 Å². The molecule has 0 aromatic rings. The SMILES string of the molecule is CC1=CC=C(/C=C/C2CCC(C3CCC(C4CCC(C)CC4)CC3)CC2)C(F)(F)C1(F)F. The molecule has 0 atom stereocenters. The zero-order valence-electron chi connectivity index (χ0n) is 19.8. The van der Waals surface area contributed by atoms with Crippen molar-refractivity contribution in [3.05, 3.63) is 35.5 Å². The minimum atomic E-state index is -4.13. The number of hydrogen-bond acceptors (Lipinski definition) is 0. The highest BCUT2D eigenvalue weighted by Gasteiger charge is 2.60. The number of halogens is 4. The molecule has 4 rings (SSSR count). The van der Waals surface area contributed by atoms with E-state index in [0.717, 1.165) is 74.3 Å². The Morgan fingerprint density at radius 1 is 0.656 bits per heavy atom. The average Bonchev–Trinajstić information content (AvgIpc) is 2.79. The lowest BCUT2D eigenvalue weighted by molar-refractivity contribution is -0.160. The molecule has 4 aliphatic carbocycles. The molecule has 32 heavy (non-hydrogen) atoms. The van der Waals surface area contributed by atoms with Crippen LogP contribution in [0.15, 0.2) is 35.5 Å². The van der Waals surface area contributed by atoms with Gasteiger partial charge in [0.1, 0.15) is 0 Å². The van der Waals surface area contributed by atoms with Crippen molar-refractivity contribution in [2.45, 2.75) is 103 Å². The molecule has 0 aromatic heterocycles. The van der Waals surface area contributed by atoms with Gasteiger partial charge in [-0.3, -0.25) is 0 Å². The van der Waals surface area contributed by atoms with Crippen LogP contribution in [-0.4, -0.2) is 11.8 Å². The first-order valence-electron chi connectivity index (χ1n) is 13.0. The molecule has 0 heterocycles. The van der Waals surface area contributed by atoms with E-state index in [0.29, 0.717) is 0 Å². The molecule has 0 aromatic carbocycles. The summed E-state index contributed by atoms with van der Waals surface area (Å²) in [6.45, 7) is 3.46. The summed E-state index contributed by atoms with van der Waals surface area (Å²) in [5.41, 5.74) is -1.14. The maximum absolute atomic E-state index is 14.2. The molecule has 0 unspecified atom stereocenters. The first kappa shape index (κ1) is 24.1. The van der Waals surface area contributed by atoms with E-state index in [-0.39, 0.29) is 5.92 Å². The van der Waals surface area contributed by atoms with Crippen LogP contribution in [0.2, 0.25) is 0 Å². The van der Waals surface area contributed by atoms with Gasteiger partial charge in [-0.25, -0.2) is 0 Å². The second-order valence-corrected chi connectivity index (χ2v) is 11.3. The zero-order chi connectivity index (χ0) is 22.9. The Kier molecular flexibility index (Phi) is 7.27. The van der Waals surface area contributed by atoms with E-state index in [1.165, 1.54) is 57.4 Å². The molecule has 180 valence electrons. The van der Waals surface area contributed by atoms with E-state index in [2.05, 4.69) is 6.92 Å². The lowest BCUT2D eigenvalue weighted by Gasteiger charge is -2.41. The Morgan fingerprint density at radius 2 is 1.09 bits per heavy atom. The molecule has 0 N–H and O–H groups in total. The lowest BCUT2D eigenvalue weighted by atomic mass is 9.65. The second kappa shape index (κ2) is 9.66. The summed E-state index contributed by atoms with van der Waals surface area (Å²) >= 11 is 0. The first-order valence-corrected chi connectivity index (χ1v) is 13.0. The summed E-state index contributed by atoms with van der Waals surface area (Å²) < 4.78 is 56.3. The van der Waals surface area contributed by atoms with Crippen LogP contribution in [0.1, 0.15) is 90.9 Å². The van der Waals surface area contributed by atoms with Crippen molar-refractivity contribution in [1.82, 2.24) is 0 Å². The van der Waals surface area contributed by atoms with Crippen LogP contribution in [0.3, 0.4) is 0 Å². The molecule has 4 heteroatoms. The van der Waals surface area contributed by atoms with Gasteiger partial charge in [0.15, 0.2) is 0 Å². The number of alkyl halides is 4. The van der Waals surface area contributed by atoms with Gasteiger partial charge in [0.2, 0.25) is 0 Å². The van der Waals surface area contributed by atoms with Crippen LogP contribution >= 0.6 is 0 Å². The Hall–Kier alpha value is -1.06. The fourth-order valence-corrected chi connectivity index (χ4v) is 6.91. The first-order chi connectivity index (χ1) is 15.2. The highest BCUT2D eigenvalue weighted by atomic mass is 19.3. The Labute approximate surface area is 191 Å². The summed E-state index contributed by atoms with van der Waals surface area (Å²) in [5.74, 6) is -3.59. The third kappa shape index (κ3) is 4.89. The van der Waals surface area contributed by atoms with Crippen molar-refractivity contribution in [2.24, 2.45) is 35.5 Å². The monoisotopic (exact) mass is 452 g/mol. The fourth-order valence-electron chi connectivity index (χ4n) is 6.91. The van der Waals surface area contributed by atoms with Gasteiger partial charge in [-0.2, -0.15) is 17.6 Å². The number of hydrogen-bond donors (Lipinski definition) is 0. The molecular weight excluding hydrogens is 412 g/mol. The molecular formula is C28H40F4. The smallest absolute Gasteiger partial charge is 0.194 e. The quantitative estimate of drug-likeness (QED) is 0.373. The third-order valence-corrected chi connectivity index (χ3v) is 9.34. The molecule has 0 aliphatic heterocycles. The van der Waals surface area contributed by atoms with Crippen LogP contribution < -0.4 is 0 Å². The van der Waals surface area contributed by atoms with Crippen molar-refractivity contribution in [3.8, 4) is 0 Å². The van der Waals surface area contributed by atoms with Crippen molar-refractivity contribution < 1.29 is 17.6 Å². The van der Waals surface area contributed by atoms with Crippen LogP contribution in [0.4, 0.5) is 17.6 Å². The van der Waals surface area contributed by atoms with E-state index >= 15 is 0 Å². The van der Waals surface area contributed by atoms with E-state index in [9.17, 15) is 17.6 Å². The molecule has 0 spiro atoms. The third-order valence-electron chi connectivity index (χ3n) is 9.34. The zero-order valence-corrected chi connectivity index (χ0v) is 19.8. The Balaban J connectivity index is 1.24. The van der Waals surface area contributed by atoms with E-state index in [4.69, 9.17) is 0 Å². The summed E-state index contributed by atoms with van der Waals surface area (Å²) in [4.78, 5) is 0. The maximum atomic E-state index is 14.2. The summed E-state index contributed by atoms with van der Waals surface area (Å²) in [7, 11) is 0. The molecule has 0 saturated heterocycles. The molecule has 3 saturated carbocycles. The average molecular weight is 453 g/mol. The largest absolute Gasteiger partial charge is 0.339 e. The lowest BCUT2D eigenvalue weighted by Crippen LogP contribution is -2.44. The molecule has 0 nitrogen and oxygen atoms in total. The van der Waals surface area contributed by atoms with Gasteiger partial charge in [-0.15, -0.1) is 0 Å². The molecule has 0 radical (unpaired) electrons. The van der Waals surface area contributed by atoms with Gasteiger partial charge >= 0.3 is 11.8 Å². The Morgan fingerprint density at radius 3 is 1.59 bits per heavy atom. The normalized spacial score (nSPS) is 40.1. The van der Waals surface area contributed by atoms with Gasteiger partial charge in [0, 0.05) is 11.1 Å². The van der Waals surface area contributed by atoms with Crippen LogP contribution in [0, 0.1) is 35.5 Å². The highest BCUT2D eigenvalue weighted by molar-refractivity contribution is 5.42. The molecule has 3 fully saturated rings. The highest BCUT2D eigenvalue weighted by Crippen LogP contribution is 2.48. The van der Waals surface area contributed by atoms with Crippen molar-refractivity contribution >= 4 is 0 Å². The maximum Gasteiger partial charge on any atom is 0.339 e. The van der Waals surface area contributed by atoms with Crippen molar-refractivity contribution in [1.29, 1.82) is 0 Å². The van der Waals surface area contributed by atoms with Crippen molar-refractivity contribution in [2.75, 3.05) is 0 Å². The molecule has 0 amide bonds. The number of allylic oxidation sites excluding steroid dienone is 6. The second-order valence-electron chi connectivity index (χ2n) is 11.3. The predicted octanol–water partition coefficient (Wildman–Crippen LogP) is 9.14. The van der Waals surface area contributed by atoms with E-state index in [1.54, 1.807) is 6.08 Å². The molecule has 4 aliphatic rings. The minimum Gasteiger partial charge on any atom is -0.194 e. The van der Waals surface area contributed by atoms with E-state index in [1.807, 2.05) is 0 Å². The Bertz CT molecular complexity index is 723.